The molecule has 0 aromatic heterocycles. The Morgan fingerprint density at radius 3 is 2.08 bits per heavy atom. The molecule has 6 heteroatoms. The summed E-state index contributed by atoms with van der Waals surface area (Å²) in [6.07, 6.45) is 0.119. The molecule has 0 spiro atoms. The fourth-order valence-corrected chi connectivity index (χ4v) is 2.95. The first-order chi connectivity index (χ1) is 12.6. The van der Waals surface area contributed by atoms with Crippen LogP contribution in [-0.4, -0.2) is 42.5 Å². The molecule has 26 heavy (non-hydrogen) atoms. The average molecular weight is 352 g/mol. The van der Waals surface area contributed by atoms with Gasteiger partial charge in [0.25, 0.3) is 5.91 Å². The van der Waals surface area contributed by atoms with Crippen LogP contribution in [-0.2, 0) is 14.3 Å². The summed E-state index contributed by atoms with van der Waals surface area (Å²) in [7, 11) is 0. The van der Waals surface area contributed by atoms with Crippen molar-refractivity contribution in [3.63, 3.8) is 0 Å². The molecule has 0 aliphatic carbocycles. The molecular formula is C20H20N2O4. The maximum absolute atomic E-state index is 12.3. The first-order valence-corrected chi connectivity index (χ1v) is 8.49. The molecule has 1 fully saturated rings. The summed E-state index contributed by atoms with van der Waals surface area (Å²) in [5.41, 5.74) is 2.00. The minimum Gasteiger partial charge on any atom is -0.456 e. The second kappa shape index (κ2) is 8.29. The van der Waals surface area contributed by atoms with Crippen molar-refractivity contribution in [3.05, 3.63) is 71.8 Å². The number of hydrogen-bond acceptors (Lipinski definition) is 4. The molecule has 1 N–H and O–H groups in total. The molecule has 0 bridgehead atoms. The lowest BCUT2D eigenvalue weighted by molar-refractivity contribution is -0.150. The van der Waals surface area contributed by atoms with E-state index in [2.05, 4.69) is 5.32 Å². The summed E-state index contributed by atoms with van der Waals surface area (Å²) in [5.74, 6) is -1.14. The van der Waals surface area contributed by atoms with E-state index in [1.54, 1.807) is 0 Å². The van der Waals surface area contributed by atoms with Crippen LogP contribution < -0.4 is 5.32 Å². The molecule has 2 aromatic rings. The molecule has 3 rings (SSSR count). The fourth-order valence-electron chi connectivity index (χ4n) is 2.95. The summed E-state index contributed by atoms with van der Waals surface area (Å²) in [6.45, 7) is 0.289. The minimum atomic E-state index is -0.510. The van der Waals surface area contributed by atoms with E-state index in [0.717, 1.165) is 16.0 Å². The van der Waals surface area contributed by atoms with Gasteiger partial charge in [0.1, 0.15) is 0 Å². The summed E-state index contributed by atoms with van der Waals surface area (Å²) >= 11 is 0. The topological polar surface area (TPSA) is 75.7 Å². The Morgan fingerprint density at radius 1 is 1.00 bits per heavy atom. The molecular weight excluding hydrogens is 332 g/mol. The number of nitrogens with one attached hydrogen (secondary N) is 1. The zero-order valence-electron chi connectivity index (χ0n) is 14.3. The molecule has 2 aromatic carbocycles. The zero-order chi connectivity index (χ0) is 18.4. The van der Waals surface area contributed by atoms with Crippen LogP contribution in [0.1, 0.15) is 23.5 Å². The van der Waals surface area contributed by atoms with E-state index in [4.69, 9.17) is 4.74 Å². The SMILES string of the molecule is O=C(CC(c1ccccc1)c1ccccc1)OCC(=O)N1CCNC1=O. The highest BCUT2D eigenvalue weighted by molar-refractivity contribution is 5.96. The fraction of sp³-hybridized carbons (Fsp3) is 0.250. The Kier molecular flexibility index (Phi) is 5.63. The largest absolute Gasteiger partial charge is 0.456 e. The highest BCUT2D eigenvalue weighted by Gasteiger charge is 2.27. The molecule has 1 aliphatic rings. The zero-order valence-corrected chi connectivity index (χ0v) is 14.3. The number of rotatable bonds is 6. The van der Waals surface area contributed by atoms with Gasteiger partial charge < -0.3 is 10.1 Å². The number of benzene rings is 2. The lowest BCUT2D eigenvalue weighted by atomic mass is 9.89. The van der Waals surface area contributed by atoms with E-state index in [1.807, 2.05) is 60.7 Å². The van der Waals surface area contributed by atoms with Crippen molar-refractivity contribution in [2.75, 3.05) is 19.7 Å². The van der Waals surface area contributed by atoms with Crippen LogP contribution in [0.15, 0.2) is 60.7 Å². The van der Waals surface area contributed by atoms with Crippen molar-refractivity contribution >= 4 is 17.9 Å². The van der Waals surface area contributed by atoms with E-state index in [1.165, 1.54) is 0 Å². The van der Waals surface area contributed by atoms with Gasteiger partial charge in [-0.1, -0.05) is 60.7 Å². The molecule has 6 nitrogen and oxygen atoms in total. The van der Waals surface area contributed by atoms with Gasteiger partial charge >= 0.3 is 12.0 Å². The molecule has 1 heterocycles. The van der Waals surface area contributed by atoms with Crippen LogP contribution >= 0.6 is 0 Å². The summed E-state index contributed by atoms with van der Waals surface area (Å²) in [4.78, 5) is 36.8. The van der Waals surface area contributed by atoms with Gasteiger partial charge in [-0.25, -0.2) is 4.79 Å². The van der Waals surface area contributed by atoms with Crippen LogP contribution in [0.25, 0.3) is 0 Å². The van der Waals surface area contributed by atoms with Crippen LogP contribution in [0.3, 0.4) is 0 Å². The first-order valence-electron chi connectivity index (χ1n) is 8.49. The van der Waals surface area contributed by atoms with Crippen LogP contribution in [0.4, 0.5) is 4.79 Å². The number of amides is 3. The number of imide groups is 1. The van der Waals surface area contributed by atoms with Crippen molar-refractivity contribution in [1.29, 1.82) is 0 Å². The van der Waals surface area contributed by atoms with Crippen LogP contribution in [0.2, 0.25) is 0 Å². The Balaban J connectivity index is 1.64. The van der Waals surface area contributed by atoms with E-state index in [9.17, 15) is 14.4 Å². The standard InChI is InChI=1S/C20H20N2O4/c23-18(22-12-11-21-20(22)25)14-26-19(24)13-17(15-7-3-1-4-8-15)16-9-5-2-6-10-16/h1-10,17H,11-14H2,(H,21,25). The molecule has 1 aliphatic heterocycles. The molecule has 134 valence electrons. The van der Waals surface area contributed by atoms with Crippen LogP contribution in [0, 0.1) is 0 Å². The number of ether oxygens (including phenoxy) is 1. The quantitative estimate of drug-likeness (QED) is 0.810. The smallest absolute Gasteiger partial charge is 0.324 e. The van der Waals surface area contributed by atoms with Crippen LogP contribution in [0.5, 0.6) is 0 Å². The summed E-state index contributed by atoms with van der Waals surface area (Å²) < 4.78 is 5.13. The first kappa shape index (κ1) is 17.7. The van der Waals surface area contributed by atoms with Gasteiger partial charge in [0.2, 0.25) is 0 Å². The second-order valence-corrected chi connectivity index (χ2v) is 6.02. The van der Waals surface area contributed by atoms with E-state index >= 15 is 0 Å². The maximum atomic E-state index is 12.3. The number of hydrogen-bond donors (Lipinski definition) is 1. The van der Waals surface area contributed by atoms with E-state index in [0.29, 0.717) is 13.1 Å². The number of nitrogens with zero attached hydrogens (tertiary/aromatic N) is 1. The molecule has 0 atom stereocenters. The molecule has 3 amide bonds. The molecule has 1 saturated heterocycles. The minimum absolute atomic E-state index is 0.119. The van der Waals surface area contributed by atoms with Crippen molar-refractivity contribution in [2.45, 2.75) is 12.3 Å². The molecule has 0 saturated carbocycles. The third-order valence-corrected chi connectivity index (χ3v) is 4.29. The third kappa shape index (κ3) is 4.27. The Bertz CT molecular complexity index is 737. The monoisotopic (exact) mass is 352 g/mol. The lowest BCUT2D eigenvalue weighted by Crippen LogP contribution is -2.37. The van der Waals surface area contributed by atoms with Crippen molar-refractivity contribution in [1.82, 2.24) is 10.2 Å². The van der Waals surface area contributed by atoms with Crippen molar-refractivity contribution in [3.8, 4) is 0 Å². The molecule has 0 radical (unpaired) electrons. The van der Waals surface area contributed by atoms with Gasteiger partial charge in [-0.15, -0.1) is 0 Å². The number of carbonyl (C=O) groups excluding carboxylic acids is 3. The van der Waals surface area contributed by atoms with Gasteiger partial charge in [0.15, 0.2) is 6.61 Å². The van der Waals surface area contributed by atoms with Gasteiger partial charge in [0, 0.05) is 19.0 Å². The maximum Gasteiger partial charge on any atom is 0.324 e. The Labute approximate surface area is 151 Å². The highest BCUT2D eigenvalue weighted by Crippen LogP contribution is 2.28. The predicted octanol–water partition coefficient (Wildman–Crippen LogP) is 2.30. The Hall–Kier alpha value is -3.15. The average Bonchev–Trinajstić information content (AvgIpc) is 3.11. The van der Waals surface area contributed by atoms with E-state index < -0.39 is 24.5 Å². The summed E-state index contributed by atoms with van der Waals surface area (Å²) in [6, 6.07) is 18.9. The van der Waals surface area contributed by atoms with Gasteiger partial charge in [0.05, 0.1) is 6.42 Å². The normalized spacial score (nSPS) is 13.6. The third-order valence-electron chi connectivity index (χ3n) is 4.29. The Morgan fingerprint density at radius 2 is 1.58 bits per heavy atom. The highest BCUT2D eigenvalue weighted by atomic mass is 16.5. The van der Waals surface area contributed by atoms with Crippen molar-refractivity contribution < 1.29 is 19.1 Å². The number of carbonyl (C=O) groups is 3. The summed E-state index contributed by atoms with van der Waals surface area (Å²) in [5, 5.41) is 2.54. The second-order valence-electron chi connectivity index (χ2n) is 6.02. The van der Waals surface area contributed by atoms with Crippen molar-refractivity contribution in [2.24, 2.45) is 0 Å². The molecule has 0 unspecified atom stereocenters. The lowest BCUT2D eigenvalue weighted by Gasteiger charge is -2.18. The predicted molar refractivity (Wildman–Crippen MR) is 95.4 cm³/mol. The number of esters is 1. The van der Waals surface area contributed by atoms with Gasteiger partial charge in [-0.05, 0) is 11.1 Å². The number of urea groups is 1. The van der Waals surface area contributed by atoms with Gasteiger partial charge in [-0.3, -0.25) is 14.5 Å². The van der Waals surface area contributed by atoms with Gasteiger partial charge in [-0.2, -0.15) is 0 Å². The van der Waals surface area contributed by atoms with E-state index in [-0.39, 0.29) is 12.3 Å².